The molecule has 0 fully saturated rings. The molecule has 2 aromatic rings. The van der Waals surface area contributed by atoms with Crippen LogP contribution in [0.3, 0.4) is 0 Å². The minimum Gasteiger partial charge on any atom is -0.497 e. The molecule has 0 radical (unpaired) electrons. The lowest BCUT2D eigenvalue weighted by atomic mass is 10.0. The van der Waals surface area contributed by atoms with Gasteiger partial charge < -0.3 is 15.4 Å². The summed E-state index contributed by atoms with van der Waals surface area (Å²) in [5.41, 5.74) is 1.98. The maximum absolute atomic E-state index is 12.1. The van der Waals surface area contributed by atoms with Crippen LogP contribution in [-0.4, -0.2) is 19.6 Å². The van der Waals surface area contributed by atoms with Crippen molar-refractivity contribution in [3.8, 4) is 5.75 Å². The van der Waals surface area contributed by atoms with E-state index in [0.29, 0.717) is 6.54 Å². The number of benzene rings is 2. The van der Waals surface area contributed by atoms with E-state index in [9.17, 15) is 4.79 Å². The largest absolute Gasteiger partial charge is 0.497 e. The molecule has 0 aliphatic carbocycles. The molecule has 122 valence electrons. The van der Waals surface area contributed by atoms with Gasteiger partial charge in [-0.25, -0.2) is 0 Å². The molecule has 0 aromatic heterocycles. The van der Waals surface area contributed by atoms with E-state index in [0.717, 1.165) is 22.3 Å². The molecule has 0 saturated heterocycles. The smallest absolute Gasteiger partial charge is 0.279 e. The van der Waals surface area contributed by atoms with Gasteiger partial charge in [-0.05, 0) is 24.3 Å². The summed E-state index contributed by atoms with van der Waals surface area (Å²) in [5.74, 6) is 0.710. The Balaban J connectivity index is 1.90. The fourth-order valence-electron chi connectivity index (χ4n) is 2.41. The van der Waals surface area contributed by atoms with Crippen molar-refractivity contribution in [2.45, 2.75) is 19.4 Å². The highest BCUT2D eigenvalue weighted by Gasteiger charge is 2.14. The van der Waals surface area contributed by atoms with E-state index in [1.54, 1.807) is 7.11 Å². The topological polar surface area (TPSA) is 54.9 Å². The van der Waals surface area contributed by atoms with Crippen molar-refractivity contribution in [3.63, 3.8) is 0 Å². The van der Waals surface area contributed by atoms with Gasteiger partial charge in [0.15, 0.2) is 6.54 Å². The van der Waals surface area contributed by atoms with Gasteiger partial charge in [-0.1, -0.05) is 41.1 Å². The van der Waals surface area contributed by atoms with Crippen LogP contribution in [-0.2, 0) is 4.79 Å². The molecule has 2 rings (SSSR count). The van der Waals surface area contributed by atoms with E-state index in [4.69, 9.17) is 4.74 Å². The van der Waals surface area contributed by atoms with Gasteiger partial charge in [-0.15, -0.1) is 0 Å². The minimum atomic E-state index is -0.0196. The lowest BCUT2D eigenvalue weighted by molar-refractivity contribution is -0.686. The van der Waals surface area contributed by atoms with Crippen LogP contribution in [0.5, 0.6) is 5.75 Å². The monoisotopic (exact) mass is 377 g/mol. The van der Waals surface area contributed by atoms with Crippen molar-refractivity contribution in [2.75, 3.05) is 19.0 Å². The van der Waals surface area contributed by atoms with Gasteiger partial charge in [0.25, 0.3) is 5.91 Å². The molecule has 0 saturated carbocycles. The van der Waals surface area contributed by atoms with E-state index < -0.39 is 0 Å². The zero-order valence-electron chi connectivity index (χ0n) is 13.4. The summed E-state index contributed by atoms with van der Waals surface area (Å²) in [6.07, 6.45) is 0.966. The molecule has 5 heteroatoms. The molecule has 4 nitrogen and oxygen atoms in total. The number of nitrogens with one attached hydrogen (secondary N) is 1. The zero-order chi connectivity index (χ0) is 16.7. The van der Waals surface area contributed by atoms with Crippen LogP contribution < -0.4 is 15.4 Å². The molecular formula is C18H22BrN2O2+. The number of ether oxygens (including phenoxy) is 1. The van der Waals surface area contributed by atoms with Gasteiger partial charge in [0.2, 0.25) is 0 Å². The number of rotatable bonds is 7. The number of carbonyl (C=O) groups is 1. The van der Waals surface area contributed by atoms with Gasteiger partial charge in [0, 0.05) is 28.2 Å². The quantitative estimate of drug-likeness (QED) is 0.778. The first-order valence-corrected chi connectivity index (χ1v) is 8.44. The number of methoxy groups -OCH3 is 1. The first kappa shape index (κ1) is 17.5. The Morgan fingerprint density at radius 3 is 2.65 bits per heavy atom. The SMILES string of the molecule is CC[C@@H]([NH2+]CC(=O)Nc1cccc(OC)c1)c1ccc(Br)cc1. The summed E-state index contributed by atoms with van der Waals surface area (Å²) in [4.78, 5) is 12.1. The number of carbonyl (C=O) groups excluding carboxylic acids is 1. The summed E-state index contributed by atoms with van der Waals surface area (Å²) in [6.45, 7) is 2.51. The van der Waals surface area contributed by atoms with Gasteiger partial charge >= 0.3 is 0 Å². The van der Waals surface area contributed by atoms with E-state index in [2.05, 4.69) is 45.6 Å². The molecule has 1 amide bonds. The lowest BCUT2D eigenvalue weighted by Gasteiger charge is -2.14. The molecule has 0 bridgehead atoms. The number of hydrogen-bond acceptors (Lipinski definition) is 2. The number of anilines is 1. The molecule has 0 unspecified atom stereocenters. The maximum atomic E-state index is 12.1. The Hall–Kier alpha value is -1.85. The van der Waals surface area contributed by atoms with Crippen molar-refractivity contribution < 1.29 is 14.8 Å². The Morgan fingerprint density at radius 1 is 1.26 bits per heavy atom. The van der Waals surface area contributed by atoms with Gasteiger partial charge in [0.1, 0.15) is 11.8 Å². The van der Waals surface area contributed by atoms with Crippen LogP contribution in [0.2, 0.25) is 0 Å². The third kappa shape index (κ3) is 5.37. The summed E-state index contributed by atoms with van der Waals surface area (Å²) >= 11 is 3.44. The highest BCUT2D eigenvalue weighted by Crippen LogP contribution is 2.17. The Bertz CT molecular complexity index is 644. The first-order valence-electron chi connectivity index (χ1n) is 7.65. The molecule has 3 N–H and O–H groups in total. The fourth-order valence-corrected chi connectivity index (χ4v) is 2.67. The third-order valence-corrected chi connectivity index (χ3v) is 4.21. The Labute approximate surface area is 145 Å². The van der Waals surface area contributed by atoms with E-state index >= 15 is 0 Å². The highest BCUT2D eigenvalue weighted by molar-refractivity contribution is 9.10. The summed E-state index contributed by atoms with van der Waals surface area (Å²) in [7, 11) is 1.61. The molecule has 0 spiro atoms. The number of halogens is 1. The molecule has 23 heavy (non-hydrogen) atoms. The van der Waals surface area contributed by atoms with Crippen LogP contribution in [0.1, 0.15) is 24.9 Å². The van der Waals surface area contributed by atoms with Crippen molar-refractivity contribution in [1.82, 2.24) is 0 Å². The van der Waals surface area contributed by atoms with Crippen LogP contribution >= 0.6 is 15.9 Å². The average Bonchev–Trinajstić information content (AvgIpc) is 2.57. The number of amides is 1. The Kier molecular flexibility index (Phi) is 6.62. The lowest BCUT2D eigenvalue weighted by Crippen LogP contribution is -2.87. The summed E-state index contributed by atoms with van der Waals surface area (Å²) in [6, 6.07) is 15.9. The van der Waals surface area contributed by atoms with Gasteiger partial charge in [-0.2, -0.15) is 0 Å². The van der Waals surface area contributed by atoms with Crippen LogP contribution in [0.4, 0.5) is 5.69 Å². The molecule has 2 aromatic carbocycles. The van der Waals surface area contributed by atoms with E-state index in [1.807, 2.05) is 36.4 Å². The normalized spacial score (nSPS) is 11.8. The molecular weight excluding hydrogens is 356 g/mol. The number of quaternary nitrogens is 1. The van der Waals surface area contributed by atoms with Gasteiger partial charge in [0.05, 0.1) is 7.11 Å². The minimum absolute atomic E-state index is 0.0196. The van der Waals surface area contributed by atoms with Crippen LogP contribution in [0.25, 0.3) is 0 Å². The maximum Gasteiger partial charge on any atom is 0.279 e. The second-order valence-corrected chi connectivity index (χ2v) is 6.20. The van der Waals surface area contributed by atoms with Crippen molar-refractivity contribution in [3.05, 3.63) is 58.6 Å². The molecule has 0 aliphatic rings. The second-order valence-electron chi connectivity index (χ2n) is 5.29. The Morgan fingerprint density at radius 2 is 2.00 bits per heavy atom. The molecule has 0 aliphatic heterocycles. The van der Waals surface area contributed by atoms with Crippen molar-refractivity contribution in [2.24, 2.45) is 0 Å². The predicted molar refractivity (Wildman–Crippen MR) is 95.6 cm³/mol. The highest BCUT2D eigenvalue weighted by atomic mass is 79.9. The number of nitrogens with two attached hydrogens (primary N) is 1. The number of hydrogen-bond donors (Lipinski definition) is 2. The average molecular weight is 378 g/mol. The standard InChI is InChI=1S/C18H21BrN2O2/c1-3-17(13-7-9-14(19)10-8-13)20-12-18(22)21-15-5-4-6-16(11-15)23-2/h4-11,17,20H,3,12H2,1-2H3,(H,21,22)/p+1/t17-/m1/s1. The van der Waals surface area contributed by atoms with Crippen molar-refractivity contribution in [1.29, 1.82) is 0 Å². The summed E-state index contributed by atoms with van der Waals surface area (Å²) < 4.78 is 6.22. The van der Waals surface area contributed by atoms with Crippen molar-refractivity contribution >= 4 is 27.5 Å². The van der Waals surface area contributed by atoms with E-state index in [-0.39, 0.29) is 11.9 Å². The predicted octanol–water partition coefficient (Wildman–Crippen LogP) is 3.11. The van der Waals surface area contributed by atoms with Crippen LogP contribution in [0.15, 0.2) is 53.0 Å². The first-order chi connectivity index (χ1) is 11.1. The third-order valence-electron chi connectivity index (χ3n) is 3.68. The van der Waals surface area contributed by atoms with Gasteiger partial charge in [-0.3, -0.25) is 4.79 Å². The summed E-state index contributed by atoms with van der Waals surface area (Å²) in [5, 5.41) is 4.97. The van der Waals surface area contributed by atoms with E-state index in [1.165, 1.54) is 5.56 Å². The fraction of sp³-hybridized carbons (Fsp3) is 0.278. The van der Waals surface area contributed by atoms with Crippen LogP contribution in [0, 0.1) is 0 Å². The second kappa shape index (κ2) is 8.70. The molecule has 0 heterocycles. The zero-order valence-corrected chi connectivity index (χ0v) is 15.0. The molecule has 1 atom stereocenters.